The van der Waals surface area contributed by atoms with Crippen LogP contribution in [0.2, 0.25) is 0 Å². The Morgan fingerprint density at radius 3 is 2.94 bits per heavy atom. The van der Waals surface area contributed by atoms with Crippen LogP contribution in [0.15, 0.2) is 34.4 Å². The second kappa shape index (κ2) is 6.41. The van der Waals surface area contributed by atoms with E-state index in [0.717, 1.165) is 22.3 Å². The molecule has 0 saturated heterocycles. The minimum absolute atomic E-state index is 0.0106. The van der Waals surface area contributed by atoms with Crippen molar-refractivity contribution in [2.75, 3.05) is 6.54 Å². The second-order valence-corrected chi connectivity index (χ2v) is 5.83. The third-order valence-electron chi connectivity index (χ3n) is 2.68. The number of hydrogen-bond acceptors (Lipinski definition) is 3. The van der Waals surface area contributed by atoms with Crippen LogP contribution < -0.4 is 5.32 Å². The molecule has 0 aliphatic carbocycles. The van der Waals surface area contributed by atoms with Crippen molar-refractivity contribution in [2.24, 2.45) is 0 Å². The zero-order chi connectivity index (χ0) is 13.0. The van der Waals surface area contributed by atoms with E-state index in [0.29, 0.717) is 5.56 Å². The predicted molar refractivity (Wildman–Crippen MR) is 76.3 cm³/mol. The Kier molecular flexibility index (Phi) is 4.86. The van der Waals surface area contributed by atoms with E-state index in [4.69, 9.17) is 0 Å². The highest BCUT2D eigenvalue weighted by Crippen LogP contribution is 2.25. The van der Waals surface area contributed by atoms with E-state index in [-0.39, 0.29) is 11.9 Å². The zero-order valence-corrected chi connectivity index (χ0v) is 12.4. The summed E-state index contributed by atoms with van der Waals surface area (Å²) in [5.41, 5.74) is 2.50. The van der Waals surface area contributed by atoms with Crippen LogP contribution in [-0.2, 0) is 6.42 Å². The van der Waals surface area contributed by atoms with Crippen molar-refractivity contribution in [1.29, 1.82) is 0 Å². The van der Waals surface area contributed by atoms with Gasteiger partial charge in [-0.1, -0.05) is 28.9 Å². The van der Waals surface area contributed by atoms with Gasteiger partial charge in [0, 0.05) is 33.6 Å². The van der Waals surface area contributed by atoms with Crippen molar-refractivity contribution in [1.82, 2.24) is 10.3 Å². The molecule has 1 heterocycles. The number of nitrogens with zero attached hydrogens (tertiary/aromatic N) is 1. The Bertz CT molecular complexity index is 502. The minimum atomic E-state index is -0.181. The molecule has 0 aliphatic rings. The molecule has 0 saturated carbocycles. The number of aromatic nitrogens is 1. The Morgan fingerprint density at radius 2 is 2.33 bits per heavy atom. The van der Waals surface area contributed by atoms with Gasteiger partial charge in [-0.05, 0) is 18.7 Å². The smallest absolute Gasteiger partial charge is 0.129 e. The number of halogens is 2. The summed E-state index contributed by atoms with van der Waals surface area (Å²) >= 11 is 4.87. The van der Waals surface area contributed by atoms with Gasteiger partial charge in [-0.25, -0.2) is 4.39 Å². The molecular weight excluding hydrogens is 315 g/mol. The highest BCUT2D eigenvalue weighted by atomic mass is 79.9. The lowest BCUT2D eigenvalue weighted by Crippen LogP contribution is -2.23. The van der Waals surface area contributed by atoms with Crippen molar-refractivity contribution in [3.05, 3.63) is 50.6 Å². The lowest BCUT2D eigenvalue weighted by molar-refractivity contribution is 0.512. The molecule has 0 fully saturated rings. The first-order valence-corrected chi connectivity index (χ1v) is 7.43. The first-order chi connectivity index (χ1) is 8.70. The van der Waals surface area contributed by atoms with Gasteiger partial charge in [0.1, 0.15) is 5.82 Å². The SMILES string of the molecule is CCNC(Cc1cncs1)c1ccc(Br)cc1F. The maximum absolute atomic E-state index is 14.0. The first kappa shape index (κ1) is 13.6. The quantitative estimate of drug-likeness (QED) is 0.899. The van der Waals surface area contributed by atoms with Crippen LogP contribution in [0.5, 0.6) is 0 Å². The molecule has 96 valence electrons. The average molecular weight is 329 g/mol. The highest BCUT2D eigenvalue weighted by molar-refractivity contribution is 9.10. The number of benzene rings is 1. The summed E-state index contributed by atoms with van der Waals surface area (Å²) in [4.78, 5) is 5.21. The van der Waals surface area contributed by atoms with Crippen molar-refractivity contribution in [3.8, 4) is 0 Å². The summed E-state index contributed by atoms with van der Waals surface area (Å²) in [6.07, 6.45) is 2.60. The molecule has 2 rings (SSSR count). The van der Waals surface area contributed by atoms with Crippen LogP contribution in [0.3, 0.4) is 0 Å². The van der Waals surface area contributed by atoms with Crippen LogP contribution in [0.4, 0.5) is 4.39 Å². The van der Waals surface area contributed by atoms with E-state index < -0.39 is 0 Å². The molecule has 2 nitrogen and oxygen atoms in total. The van der Waals surface area contributed by atoms with Gasteiger partial charge < -0.3 is 5.32 Å². The van der Waals surface area contributed by atoms with E-state index in [1.165, 1.54) is 6.07 Å². The largest absolute Gasteiger partial charge is 0.310 e. The summed E-state index contributed by atoms with van der Waals surface area (Å²) in [5.74, 6) is -0.181. The van der Waals surface area contributed by atoms with Crippen molar-refractivity contribution in [3.63, 3.8) is 0 Å². The molecule has 0 spiro atoms. The molecule has 2 aromatic rings. The monoisotopic (exact) mass is 328 g/mol. The van der Waals surface area contributed by atoms with Crippen LogP contribution in [0, 0.1) is 5.82 Å². The fraction of sp³-hybridized carbons (Fsp3) is 0.308. The lowest BCUT2D eigenvalue weighted by atomic mass is 10.0. The zero-order valence-electron chi connectivity index (χ0n) is 9.99. The summed E-state index contributed by atoms with van der Waals surface area (Å²) in [6.45, 7) is 2.83. The predicted octanol–water partition coefficient (Wildman–Crippen LogP) is 3.94. The second-order valence-electron chi connectivity index (χ2n) is 3.95. The summed E-state index contributed by atoms with van der Waals surface area (Å²) < 4.78 is 14.7. The Labute approximate surface area is 118 Å². The average Bonchev–Trinajstić information content (AvgIpc) is 2.81. The van der Waals surface area contributed by atoms with Crippen LogP contribution in [0.25, 0.3) is 0 Å². The maximum atomic E-state index is 14.0. The number of rotatable bonds is 5. The number of likely N-dealkylation sites (N-methyl/N-ethyl adjacent to an activating group) is 1. The Hall–Kier alpha value is -0.780. The fourth-order valence-electron chi connectivity index (χ4n) is 1.87. The summed E-state index contributed by atoms with van der Waals surface area (Å²) in [6, 6.07) is 5.19. The molecule has 0 bridgehead atoms. The standard InChI is InChI=1S/C13H14BrFN2S/c1-2-17-13(6-10-7-16-8-18-10)11-4-3-9(14)5-12(11)15/h3-5,7-8,13,17H,2,6H2,1H3. The van der Waals surface area contributed by atoms with Gasteiger partial charge in [-0.15, -0.1) is 11.3 Å². The van der Waals surface area contributed by atoms with Crippen LogP contribution >= 0.6 is 27.3 Å². The first-order valence-electron chi connectivity index (χ1n) is 5.76. The Morgan fingerprint density at radius 1 is 1.50 bits per heavy atom. The summed E-state index contributed by atoms with van der Waals surface area (Å²) in [7, 11) is 0. The maximum Gasteiger partial charge on any atom is 0.129 e. The van der Waals surface area contributed by atoms with Gasteiger partial charge >= 0.3 is 0 Å². The van der Waals surface area contributed by atoms with Gasteiger partial charge in [0.2, 0.25) is 0 Å². The third-order valence-corrected chi connectivity index (χ3v) is 3.97. The molecule has 0 amide bonds. The van der Waals surface area contributed by atoms with Gasteiger partial charge in [-0.2, -0.15) is 0 Å². The number of hydrogen-bond donors (Lipinski definition) is 1. The van der Waals surface area contributed by atoms with Crippen molar-refractivity contribution in [2.45, 2.75) is 19.4 Å². The Balaban J connectivity index is 2.23. The molecule has 1 unspecified atom stereocenters. The third kappa shape index (κ3) is 3.37. The van der Waals surface area contributed by atoms with E-state index in [1.54, 1.807) is 16.8 Å². The van der Waals surface area contributed by atoms with E-state index in [2.05, 4.69) is 26.2 Å². The molecular formula is C13H14BrFN2S. The molecule has 1 N–H and O–H groups in total. The molecule has 1 aromatic carbocycles. The lowest BCUT2D eigenvalue weighted by Gasteiger charge is -2.18. The van der Waals surface area contributed by atoms with Crippen LogP contribution in [0.1, 0.15) is 23.4 Å². The van der Waals surface area contributed by atoms with Crippen molar-refractivity contribution >= 4 is 27.3 Å². The van der Waals surface area contributed by atoms with Gasteiger partial charge in [0.25, 0.3) is 0 Å². The minimum Gasteiger partial charge on any atom is -0.310 e. The van der Waals surface area contributed by atoms with Gasteiger partial charge in [-0.3, -0.25) is 4.98 Å². The highest BCUT2D eigenvalue weighted by Gasteiger charge is 2.16. The molecule has 1 atom stereocenters. The van der Waals surface area contributed by atoms with Crippen molar-refractivity contribution < 1.29 is 4.39 Å². The van der Waals surface area contributed by atoms with E-state index in [9.17, 15) is 4.39 Å². The number of thiazole rings is 1. The molecule has 0 radical (unpaired) electrons. The molecule has 5 heteroatoms. The molecule has 1 aromatic heterocycles. The normalized spacial score (nSPS) is 12.6. The number of nitrogens with one attached hydrogen (secondary N) is 1. The molecule has 0 aliphatic heterocycles. The van der Waals surface area contributed by atoms with Gasteiger partial charge in [0.15, 0.2) is 0 Å². The molecule has 18 heavy (non-hydrogen) atoms. The van der Waals surface area contributed by atoms with Gasteiger partial charge in [0.05, 0.1) is 5.51 Å². The summed E-state index contributed by atoms with van der Waals surface area (Å²) in [5, 5.41) is 3.32. The fourth-order valence-corrected chi connectivity index (χ4v) is 2.84. The van der Waals surface area contributed by atoms with Crippen LogP contribution in [-0.4, -0.2) is 11.5 Å². The van der Waals surface area contributed by atoms with E-state index >= 15 is 0 Å². The van der Waals surface area contributed by atoms with E-state index in [1.807, 2.05) is 25.3 Å². The topological polar surface area (TPSA) is 24.9 Å².